The Morgan fingerprint density at radius 3 is 3.00 bits per heavy atom. The molecule has 0 bridgehead atoms. The molecule has 0 atom stereocenters. The van der Waals surface area contributed by atoms with Gasteiger partial charge < -0.3 is 13.9 Å². The number of aryl methyl sites for hydroxylation is 1. The monoisotopic (exact) mass is 307 g/mol. The Bertz CT molecular complexity index is 887. The molecule has 0 fully saturated rings. The maximum atomic E-state index is 5.12. The van der Waals surface area contributed by atoms with Crippen LogP contribution in [0.5, 0.6) is 0 Å². The fraction of sp³-hybridized carbons (Fsp3) is 0.316. The van der Waals surface area contributed by atoms with Crippen LogP contribution in [0.4, 0.5) is 0 Å². The van der Waals surface area contributed by atoms with E-state index in [0.717, 1.165) is 30.8 Å². The summed E-state index contributed by atoms with van der Waals surface area (Å²) in [5.41, 5.74) is 7.47. The van der Waals surface area contributed by atoms with Crippen molar-refractivity contribution in [1.82, 2.24) is 14.5 Å². The number of rotatable bonds is 2. The summed E-state index contributed by atoms with van der Waals surface area (Å²) in [5, 5.41) is 1.37. The van der Waals surface area contributed by atoms with Crippen LogP contribution in [0.25, 0.3) is 22.7 Å². The number of benzene rings is 1. The summed E-state index contributed by atoms with van der Waals surface area (Å²) in [4.78, 5) is 6.65. The second-order valence-corrected chi connectivity index (χ2v) is 6.49. The van der Waals surface area contributed by atoms with Gasteiger partial charge in [0.2, 0.25) is 0 Å². The minimum Gasteiger partial charge on any atom is -0.451 e. The van der Waals surface area contributed by atoms with Crippen LogP contribution in [-0.2, 0) is 13.0 Å². The lowest BCUT2D eigenvalue weighted by atomic mass is 10.0. The Morgan fingerprint density at radius 2 is 2.22 bits per heavy atom. The van der Waals surface area contributed by atoms with E-state index in [1.165, 1.54) is 34.1 Å². The molecule has 1 aliphatic rings. The van der Waals surface area contributed by atoms with Crippen molar-refractivity contribution in [2.45, 2.75) is 26.8 Å². The molecule has 0 aliphatic carbocycles. The van der Waals surface area contributed by atoms with E-state index in [-0.39, 0.29) is 0 Å². The van der Waals surface area contributed by atoms with Crippen LogP contribution in [0, 0.1) is 6.92 Å². The lowest BCUT2D eigenvalue weighted by molar-refractivity contribution is 0.312. The molecule has 118 valence electrons. The van der Waals surface area contributed by atoms with E-state index >= 15 is 0 Å². The Kier molecular flexibility index (Phi) is 3.34. The van der Waals surface area contributed by atoms with Gasteiger partial charge in [0.15, 0.2) is 6.39 Å². The fourth-order valence-corrected chi connectivity index (χ4v) is 3.46. The molecule has 0 saturated heterocycles. The quantitative estimate of drug-likeness (QED) is 0.719. The summed E-state index contributed by atoms with van der Waals surface area (Å²) in [6, 6.07) is 6.73. The number of nitrogens with zero attached hydrogens (tertiary/aromatic N) is 3. The van der Waals surface area contributed by atoms with E-state index in [1.54, 1.807) is 6.26 Å². The predicted molar refractivity (Wildman–Crippen MR) is 93.1 cm³/mol. The first-order valence-corrected chi connectivity index (χ1v) is 8.01. The Labute approximate surface area is 136 Å². The first kappa shape index (κ1) is 14.3. The summed E-state index contributed by atoms with van der Waals surface area (Å²) in [6.45, 7) is 6.35. The van der Waals surface area contributed by atoms with Crippen molar-refractivity contribution in [1.29, 1.82) is 0 Å². The standard InChI is InChI=1S/C19H21N3O/c1-13-4-5-18-15(8-13)16-10-21(3)7-6-19(16)22(18)9-14(2)17-11-23-12-20-17/h4-5,8-9,11-12H,6-7,10H2,1-3H3/b14-9+. The number of aromatic nitrogens is 2. The van der Waals surface area contributed by atoms with Gasteiger partial charge in [-0.25, -0.2) is 4.98 Å². The van der Waals surface area contributed by atoms with Crippen molar-refractivity contribution in [3.05, 3.63) is 53.4 Å². The molecule has 3 aromatic rings. The molecule has 4 rings (SSSR count). The smallest absolute Gasteiger partial charge is 0.181 e. The van der Waals surface area contributed by atoms with Crippen molar-refractivity contribution >= 4 is 22.7 Å². The van der Waals surface area contributed by atoms with E-state index in [1.807, 2.05) is 0 Å². The van der Waals surface area contributed by atoms with E-state index < -0.39 is 0 Å². The largest absolute Gasteiger partial charge is 0.451 e. The SMILES string of the molecule is C/C(=C\n1c2c(c3cc(C)ccc31)CN(C)CC2)c1cocn1. The zero-order valence-electron chi connectivity index (χ0n) is 13.8. The second-order valence-electron chi connectivity index (χ2n) is 6.49. The average molecular weight is 307 g/mol. The fourth-order valence-electron chi connectivity index (χ4n) is 3.46. The number of likely N-dealkylation sites (N-methyl/N-ethyl adjacent to an activating group) is 1. The van der Waals surface area contributed by atoms with Crippen molar-refractivity contribution in [3.63, 3.8) is 0 Å². The van der Waals surface area contributed by atoms with Gasteiger partial charge in [0.1, 0.15) is 12.0 Å². The maximum absolute atomic E-state index is 5.12. The molecule has 3 heterocycles. The number of hydrogen-bond donors (Lipinski definition) is 0. The minimum atomic E-state index is 0.889. The highest BCUT2D eigenvalue weighted by Gasteiger charge is 2.21. The van der Waals surface area contributed by atoms with Crippen LogP contribution < -0.4 is 0 Å². The molecule has 23 heavy (non-hydrogen) atoms. The lowest BCUT2D eigenvalue weighted by Gasteiger charge is -2.23. The first-order valence-electron chi connectivity index (χ1n) is 8.01. The molecular weight excluding hydrogens is 286 g/mol. The zero-order valence-corrected chi connectivity index (χ0v) is 13.8. The zero-order chi connectivity index (χ0) is 16.0. The predicted octanol–water partition coefficient (Wildman–Crippen LogP) is 3.94. The maximum Gasteiger partial charge on any atom is 0.181 e. The van der Waals surface area contributed by atoms with E-state index in [2.05, 4.69) is 59.7 Å². The number of fused-ring (bicyclic) bond motifs is 3. The molecular formula is C19H21N3O. The Morgan fingerprint density at radius 1 is 1.35 bits per heavy atom. The highest BCUT2D eigenvalue weighted by molar-refractivity contribution is 5.90. The molecule has 4 heteroatoms. The average Bonchev–Trinajstić information content (AvgIpc) is 3.15. The van der Waals surface area contributed by atoms with Crippen LogP contribution >= 0.6 is 0 Å². The number of hydrogen-bond acceptors (Lipinski definition) is 3. The Balaban J connectivity index is 1.94. The second kappa shape index (κ2) is 5.39. The first-order chi connectivity index (χ1) is 11.1. The summed E-state index contributed by atoms with van der Waals surface area (Å²) in [7, 11) is 2.19. The van der Waals surface area contributed by atoms with Crippen LogP contribution in [0.1, 0.15) is 29.4 Å². The molecule has 0 N–H and O–H groups in total. The minimum absolute atomic E-state index is 0.889. The molecule has 0 unspecified atom stereocenters. The summed E-state index contributed by atoms with van der Waals surface area (Å²) >= 11 is 0. The topological polar surface area (TPSA) is 34.2 Å². The lowest BCUT2D eigenvalue weighted by Crippen LogP contribution is -2.26. The van der Waals surface area contributed by atoms with Crippen LogP contribution in [0.15, 0.2) is 35.3 Å². The van der Waals surface area contributed by atoms with Crippen LogP contribution in [0.3, 0.4) is 0 Å². The van der Waals surface area contributed by atoms with Gasteiger partial charge in [-0.3, -0.25) is 0 Å². The van der Waals surface area contributed by atoms with Gasteiger partial charge in [-0.05, 0) is 44.2 Å². The van der Waals surface area contributed by atoms with Crippen molar-refractivity contribution in [3.8, 4) is 0 Å². The highest BCUT2D eigenvalue weighted by Crippen LogP contribution is 2.32. The van der Waals surface area contributed by atoms with Crippen molar-refractivity contribution < 1.29 is 4.42 Å². The third kappa shape index (κ3) is 2.39. The van der Waals surface area contributed by atoms with Gasteiger partial charge in [-0.1, -0.05) is 11.6 Å². The highest BCUT2D eigenvalue weighted by atomic mass is 16.3. The molecule has 0 spiro atoms. The van der Waals surface area contributed by atoms with Crippen molar-refractivity contribution in [2.24, 2.45) is 0 Å². The molecule has 4 nitrogen and oxygen atoms in total. The molecule has 1 aliphatic heterocycles. The molecule has 0 radical (unpaired) electrons. The number of oxazole rings is 1. The van der Waals surface area contributed by atoms with E-state index in [0.29, 0.717) is 0 Å². The normalized spacial score (nSPS) is 16.0. The summed E-state index contributed by atoms with van der Waals surface area (Å²) in [5.74, 6) is 0. The van der Waals surface area contributed by atoms with Gasteiger partial charge in [0, 0.05) is 36.8 Å². The van der Waals surface area contributed by atoms with Crippen LogP contribution in [-0.4, -0.2) is 28.0 Å². The van der Waals surface area contributed by atoms with Gasteiger partial charge >= 0.3 is 0 Å². The van der Waals surface area contributed by atoms with Crippen LogP contribution in [0.2, 0.25) is 0 Å². The number of allylic oxidation sites excluding steroid dienone is 1. The molecule has 0 amide bonds. The van der Waals surface area contributed by atoms with Gasteiger partial charge in [0.05, 0.1) is 5.52 Å². The third-order valence-corrected chi connectivity index (χ3v) is 4.69. The van der Waals surface area contributed by atoms with Gasteiger partial charge in [0.25, 0.3) is 0 Å². The van der Waals surface area contributed by atoms with Crippen molar-refractivity contribution in [2.75, 3.05) is 13.6 Å². The summed E-state index contributed by atoms with van der Waals surface area (Å²) in [6.07, 6.45) is 6.44. The molecule has 0 saturated carbocycles. The molecule has 1 aromatic carbocycles. The Hall–Kier alpha value is -2.33. The third-order valence-electron chi connectivity index (χ3n) is 4.69. The van der Waals surface area contributed by atoms with E-state index in [9.17, 15) is 0 Å². The molecule has 2 aromatic heterocycles. The van der Waals surface area contributed by atoms with Gasteiger partial charge in [-0.2, -0.15) is 0 Å². The summed E-state index contributed by atoms with van der Waals surface area (Å²) < 4.78 is 7.47. The van der Waals surface area contributed by atoms with E-state index in [4.69, 9.17) is 4.42 Å². The van der Waals surface area contributed by atoms with Gasteiger partial charge in [-0.15, -0.1) is 0 Å².